The van der Waals surface area contributed by atoms with E-state index in [0.717, 1.165) is 30.8 Å². The second-order valence-electron chi connectivity index (χ2n) is 8.43. The average Bonchev–Trinajstić information content (AvgIpc) is 2.95. The first-order valence-electron chi connectivity index (χ1n) is 9.76. The van der Waals surface area contributed by atoms with Crippen LogP contribution in [0.3, 0.4) is 0 Å². The number of benzene rings is 1. The van der Waals surface area contributed by atoms with Crippen LogP contribution in [-0.2, 0) is 19.0 Å². The molecule has 0 saturated carbocycles. The van der Waals surface area contributed by atoms with Crippen molar-refractivity contribution in [1.82, 2.24) is 19.2 Å². The highest BCUT2D eigenvalue weighted by atomic mass is 16.2. The summed E-state index contributed by atoms with van der Waals surface area (Å²) >= 11 is 0. The Bertz CT molecular complexity index is 871. The van der Waals surface area contributed by atoms with Gasteiger partial charge in [0.25, 0.3) is 5.91 Å². The SMILES string of the molecule is CCn1c(C2CCCN(C(=O)c3ccc(C(C)(C)C)cc3)C2)nn(C)c1=O. The fourth-order valence-electron chi connectivity index (χ4n) is 3.79. The number of amides is 1. The first-order chi connectivity index (χ1) is 12.7. The van der Waals surface area contributed by atoms with E-state index < -0.39 is 0 Å². The van der Waals surface area contributed by atoms with E-state index >= 15 is 0 Å². The number of rotatable bonds is 3. The second-order valence-corrected chi connectivity index (χ2v) is 8.43. The van der Waals surface area contributed by atoms with Gasteiger partial charge in [-0.05, 0) is 42.9 Å². The van der Waals surface area contributed by atoms with Crippen LogP contribution in [0, 0.1) is 0 Å². The zero-order chi connectivity index (χ0) is 19.8. The van der Waals surface area contributed by atoms with Gasteiger partial charge in [0.05, 0.1) is 0 Å². The number of aromatic nitrogens is 3. The van der Waals surface area contributed by atoms with Crippen LogP contribution in [0.2, 0.25) is 0 Å². The van der Waals surface area contributed by atoms with E-state index in [-0.39, 0.29) is 22.9 Å². The van der Waals surface area contributed by atoms with Crippen LogP contribution in [0.5, 0.6) is 0 Å². The van der Waals surface area contributed by atoms with Gasteiger partial charge in [-0.3, -0.25) is 9.36 Å². The van der Waals surface area contributed by atoms with Gasteiger partial charge in [-0.2, -0.15) is 5.10 Å². The molecule has 1 saturated heterocycles. The molecular formula is C21H30N4O2. The van der Waals surface area contributed by atoms with Gasteiger partial charge in [0.15, 0.2) is 0 Å². The standard InChI is InChI=1S/C21H30N4O2/c1-6-25-18(22-23(5)20(25)27)16-8-7-13-24(14-16)19(26)15-9-11-17(12-10-15)21(2,3)4/h9-12,16H,6-8,13-14H2,1-5H3. The van der Waals surface area contributed by atoms with Crippen molar-refractivity contribution in [3.05, 3.63) is 51.7 Å². The molecule has 2 heterocycles. The third-order valence-electron chi connectivity index (χ3n) is 5.42. The summed E-state index contributed by atoms with van der Waals surface area (Å²) in [6.45, 7) is 10.4. The molecule has 27 heavy (non-hydrogen) atoms. The van der Waals surface area contributed by atoms with Crippen LogP contribution in [0.15, 0.2) is 29.1 Å². The van der Waals surface area contributed by atoms with Crippen LogP contribution in [-0.4, -0.2) is 38.2 Å². The molecule has 3 rings (SSSR count). The van der Waals surface area contributed by atoms with Crippen molar-refractivity contribution in [2.24, 2.45) is 7.05 Å². The normalized spacial score (nSPS) is 18.0. The first-order valence-corrected chi connectivity index (χ1v) is 9.76. The lowest BCUT2D eigenvalue weighted by molar-refractivity contribution is 0.0703. The molecule has 0 bridgehead atoms. The lowest BCUT2D eigenvalue weighted by Gasteiger charge is -2.32. The topological polar surface area (TPSA) is 60.1 Å². The number of hydrogen-bond donors (Lipinski definition) is 0. The van der Waals surface area contributed by atoms with Crippen molar-refractivity contribution in [3.8, 4) is 0 Å². The summed E-state index contributed by atoms with van der Waals surface area (Å²) in [6.07, 6.45) is 1.87. The summed E-state index contributed by atoms with van der Waals surface area (Å²) in [6, 6.07) is 7.94. The van der Waals surface area contributed by atoms with Crippen LogP contribution in [0.1, 0.15) is 68.2 Å². The van der Waals surface area contributed by atoms with E-state index in [1.165, 1.54) is 10.2 Å². The zero-order valence-corrected chi connectivity index (χ0v) is 17.0. The van der Waals surface area contributed by atoms with E-state index in [1.807, 2.05) is 36.1 Å². The molecule has 1 aliphatic rings. The minimum absolute atomic E-state index is 0.0569. The molecule has 146 valence electrons. The second kappa shape index (κ2) is 7.33. The van der Waals surface area contributed by atoms with E-state index in [2.05, 4.69) is 25.9 Å². The highest BCUT2D eigenvalue weighted by Crippen LogP contribution is 2.27. The number of carbonyl (C=O) groups excluding carboxylic acids is 1. The van der Waals surface area contributed by atoms with Crippen LogP contribution < -0.4 is 5.69 Å². The van der Waals surface area contributed by atoms with Gasteiger partial charge < -0.3 is 4.90 Å². The van der Waals surface area contributed by atoms with E-state index in [9.17, 15) is 9.59 Å². The molecule has 1 fully saturated rings. The van der Waals surface area contributed by atoms with E-state index in [1.54, 1.807) is 11.6 Å². The highest BCUT2D eigenvalue weighted by Gasteiger charge is 2.29. The number of aryl methyl sites for hydroxylation is 1. The molecule has 6 nitrogen and oxygen atoms in total. The van der Waals surface area contributed by atoms with Crippen LogP contribution >= 0.6 is 0 Å². The Labute approximate surface area is 160 Å². The highest BCUT2D eigenvalue weighted by molar-refractivity contribution is 5.94. The summed E-state index contributed by atoms with van der Waals surface area (Å²) in [5, 5.41) is 4.44. The van der Waals surface area contributed by atoms with E-state index in [4.69, 9.17) is 0 Å². The Hall–Kier alpha value is -2.37. The third-order valence-corrected chi connectivity index (χ3v) is 5.42. The Morgan fingerprint density at radius 2 is 1.89 bits per heavy atom. The fourth-order valence-corrected chi connectivity index (χ4v) is 3.79. The Morgan fingerprint density at radius 3 is 2.48 bits per heavy atom. The zero-order valence-electron chi connectivity index (χ0n) is 17.0. The molecule has 1 aliphatic heterocycles. The van der Waals surface area contributed by atoms with Gasteiger partial charge in [-0.25, -0.2) is 9.48 Å². The van der Waals surface area contributed by atoms with Gasteiger partial charge in [-0.15, -0.1) is 0 Å². The molecule has 1 aromatic carbocycles. The molecule has 1 unspecified atom stereocenters. The monoisotopic (exact) mass is 370 g/mol. The van der Waals surface area contributed by atoms with Gasteiger partial charge >= 0.3 is 5.69 Å². The maximum atomic E-state index is 13.0. The summed E-state index contributed by atoms with van der Waals surface area (Å²) in [5.74, 6) is 0.956. The molecule has 6 heteroatoms. The molecule has 0 spiro atoms. The summed E-state index contributed by atoms with van der Waals surface area (Å²) in [5.41, 5.74) is 1.92. The quantitative estimate of drug-likeness (QED) is 0.835. The van der Waals surface area contributed by atoms with Crippen LogP contribution in [0.25, 0.3) is 0 Å². The van der Waals surface area contributed by atoms with Crippen molar-refractivity contribution in [2.75, 3.05) is 13.1 Å². The molecule has 0 aliphatic carbocycles. The molecule has 0 radical (unpaired) electrons. The Balaban J connectivity index is 1.79. The summed E-state index contributed by atoms with van der Waals surface area (Å²) < 4.78 is 3.11. The number of likely N-dealkylation sites (tertiary alicyclic amines) is 1. The minimum Gasteiger partial charge on any atom is -0.338 e. The lowest BCUT2D eigenvalue weighted by atomic mass is 9.86. The fraction of sp³-hybridized carbons (Fsp3) is 0.571. The Morgan fingerprint density at radius 1 is 1.22 bits per heavy atom. The lowest BCUT2D eigenvalue weighted by Crippen LogP contribution is -2.40. The number of piperidine rings is 1. The minimum atomic E-state index is -0.0891. The van der Waals surface area contributed by atoms with E-state index in [0.29, 0.717) is 13.1 Å². The van der Waals surface area contributed by atoms with Crippen molar-refractivity contribution in [1.29, 1.82) is 0 Å². The number of hydrogen-bond acceptors (Lipinski definition) is 3. The smallest absolute Gasteiger partial charge is 0.338 e. The van der Waals surface area contributed by atoms with Crippen molar-refractivity contribution >= 4 is 5.91 Å². The maximum absolute atomic E-state index is 13.0. The molecule has 0 N–H and O–H groups in total. The molecule has 1 atom stereocenters. The van der Waals surface area contributed by atoms with Gasteiger partial charge in [-0.1, -0.05) is 32.9 Å². The predicted molar refractivity (Wildman–Crippen MR) is 106 cm³/mol. The van der Waals surface area contributed by atoms with Crippen molar-refractivity contribution < 1.29 is 4.79 Å². The first kappa shape index (κ1) is 19.4. The molecule has 2 aromatic rings. The molecular weight excluding hydrogens is 340 g/mol. The number of carbonyl (C=O) groups is 1. The Kier molecular flexibility index (Phi) is 5.27. The number of nitrogens with zero attached hydrogens (tertiary/aromatic N) is 4. The maximum Gasteiger partial charge on any atom is 0.345 e. The summed E-state index contributed by atoms with van der Waals surface area (Å²) in [4.78, 5) is 27.1. The van der Waals surface area contributed by atoms with Crippen molar-refractivity contribution in [3.63, 3.8) is 0 Å². The van der Waals surface area contributed by atoms with Gasteiger partial charge in [0.2, 0.25) is 0 Å². The van der Waals surface area contributed by atoms with Crippen molar-refractivity contribution in [2.45, 2.75) is 58.4 Å². The van der Waals surface area contributed by atoms with Gasteiger partial charge in [0, 0.05) is 38.2 Å². The summed E-state index contributed by atoms with van der Waals surface area (Å²) in [7, 11) is 1.68. The third kappa shape index (κ3) is 3.84. The van der Waals surface area contributed by atoms with Crippen LogP contribution in [0.4, 0.5) is 0 Å². The van der Waals surface area contributed by atoms with Gasteiger partial charge in [0.1, 0.15) is 5.82 Å². The predicted octanol–water partition coefficient (Wildman–Crippen LogP) is 2.92. The molecule has 1 aromatic heterocycles. The largest absolute Gasteiger partial charge is 0.345 e. The average molecular weight is 370 g/mol. The molecule has 1 amide bonds.